The molecule has 0 saturated carbocycles. The first-order chi connectivity index (χ1) is 19.5. The van der Waals surface area contributed by atoms with E-state index in [1.54, 1.807) is 30.7 Å². The van der Waals surface area contributed by atoms with Gasteiger partial charge in [-0.2, -0.15) is 0 Å². The number of rotatable bonds is 7. The topological polar surface area (TPSA) is 109 Å². The summed E-state index contributed by atoms with van der Waals surface area (Å²) in [4.78, 5) is 38.5. The number of fused-ring (bicyclic) bond motifs is 2. The molecule has 0 fully saturated rings. The molecular formula is C32H25N5O3. The van der Waals surface area contributed by atoms with Crippen molar-refractivity contribution in [1.29, 1.82) is 0 Å². The Morgan fingerprint density at radius 2 is 1.60 bits per heavy atom. The first kappa shape index (κ1) is 24.9. The van der Waals surface area contributed by atoms with E-state index in [-0.39, 0.29) is 17.5 Å². The van der Waals surface area contributed by atoms with Gasteiger partial charge in [0.2, 0.25) is 0 Å². The molecule has 0 bridgehead atoms. The van der Waals surface area contributed by atoms with E-state index in [9.17, 15) is 14.7 Å². The lowest BCUT2D eigenvalue weighted by molar-refractivity contribution is 0.0696. The van der Waals surface area contributed by atoms with Gasteiger partial charge in [-0.3, -0.25) is 19.2 Å². The van der Waals surface area contributed by atoms with Crippen molar-refractivity contribution in [3.05, 3.63) is 132 Å². The third-order valence-corrected chi connectivity index (χ3v) is 6.94. The second-order valence-electron chi connectivity index (χ2n) is 9.61. The van der Waals surface area contributed by atoms with Gasteiger partial charge in [0, 0.05) is 18.8 Å². The summed E-state index contributed by atoms with van der Waals surface area (Å²) < 4.78 is 1.89. The van der Waals surface area contributed by atoms with E-state index in [0.29, 0.717) is 12.1 Å². The standard InChI is InChI=1S/C32H25N5O3/c1-20(22-8-10-24(11-9-22)32(39)40)36-31(38)29-18-25(23-5-3-2-4-6-23)17-26-19-35-30(37(26)29)16-21-7-12-27-28(15-21)34-14-13-33-27/h2-15,17-20H,16H2,1H3,(H,36,38)(H,39,40)/t20-/m0/s1. The molecule has 0 radical (unpaired) electrons. The van der Waals surface area contributed by atoms with E-state index in [1.807, 2.05) is 72.0 Å². The Balaban J connectivity index is 1.39. The molecule has 40 heavy (non-hydrogen) atoms. The Morgan fingerprint density at radius 3 is 2.35 bits per heavy atom. The molecule has 0 saturated heterocycles. The zero-order valence-electron chi connectivity index (χ0n) is 21.7. The second-order valence-corrected chi connectivity index (χ2v) is 9.61. The molecule has 3 aromatic heterocycles. The minimum absolute atomic E-state index is 0.197. The largest absolute Gasteiger partial charge is 0.478 e. The monoisotopic (exact) mass is 527 g/mol. The van der Waals surface area contributed by atoms with Gasteiger partial charge in [-0.1, -0.05) is 48.5 Å². The number of hydrogen-bond donors (Lipinski definition) is 2. The van der Waals surface area contributed by atoms with Crippen LogP contribution in [0, 0.1) is 0 Å². The summed E-state index contributed by atoms with van der Waals surface area (Å²) >= 11 is 0. The molecule has 1 amide bonds. The summed E-state index contributed by atoms with van der Waals surface area (Å²) in [7, 11) is 0. The number of amides is 1. The van der Waals surface area contributed by atoms with Gasteiger partial charge in [0.05, 0.1) is 34.4 Å². The molecule has 0 aliphatic heterocycles. The van der Waals surface area contributed by atoms with Crippen LogP contribution in [-0.4, -0.2) is 36.3 Å². The highest BCUT2D eigenvalue weighted by molar-refractivity contribution is 5.95. The lowest BCUT2D eigenvalue weighted by Gasteiger charge is -2.17. The van der Waals surface area contributed by atoms with Gasteiger partial charge < -0.3 is 10.4 Å². The average molecular weight is 528 g/mol. The second kappa shape index (κ2) is 10.4. The summed E-state index contributed by atoms with van der Waals surface area (Å²) in [6, 6.07) is 25.9. The number of pyridine rings is 1. The van der Waals surface area contributed by atoms with E-state index in [1.165, 1.54) is 12.1 Å². The van der Waals surface area contributed by atoms with E-state index in [2.05, 4.69) is 15.3 Å². The van der Waals surface area contributed by atoms with Crippen LogP contribution in [0.3, 0.4) is 0 Å². The number of aromatic carboxylic acids is 1. The Hall–Kier alpha value is -5.37. The smallest absolute Gasteiger partial charge is 0.335 e. The summed E-state index contributed by atoms with van der Waals surface area (Å²) in [5, 5.41) is 12.3. The molecule has 0 spiro atoms. The Bertz CT molecular complexity index is 1860. The van der Waals surface area contributed by atoms with E-state index in [0.717, 1.165) is 44.6 Å². The van der Waals surface area contributed by atoms with Crippen molar-refractivity contribution >= 4 is 28.4 Å². The van der Waals surface area contributed by atoms with Gasteiger partial charge in [0.25, 0.3) is 5.91 Å². The van der Waals surface area contributed by atoms with Gasteiger partial charge in [-0.15, -0.1) is 0 Å². The zero-order valence-corrected chi connectivity index (χ0v) is 21.7. The van der Waals surface area contributed by atoms with Crippen LogP contribution in [0.5, 0.6) is 0 Å². The lowest BCUT2D eigenvalue weighted by Crippen LogP contribution is -2.28. The number of carbonyl (C=O) groups is 2. The van der Waals surface area contributed by atoms with Crippen molar-refractivity contribution in [2.24, 2.45) is 0 Å². The highest BCUT2D eigenvalue weighted by Gasteiger charge is 2.19. The van der Waals surface area contributed by atoms with Crippen LogP contribution >= 0.6 is 0 Å². The van der Waals surface area contributed by atoms with E-state index >= 15 is 0 Å². The fourth-order valence-corrected chi connectivity index (χ4v) is 4.86. The number of carboxylic acid groups (broad SMARTS) is 1. The number of carboxylic acids is 1. The lowest BCUT2D eigenvalue weighted by atomic mass is 10.0. The molecule has 3 heterocycles. The molecule has 2 N–H and O–H groups in total. The van der Waals surface area contributed by atoms with Gasteiger partial charge in [0.15, 0.2) is 0 Å². The number of imidazole rings is 1. The summed E-state index contributed by atoms with van der Waals surface area (Å²) in [6.07, 6.45) is 5.62. The van der Waals surface area contributed by atoms with Crippen LogP contribution in [-0.2, 0) is 6.42 Å². The van der Waals surface area contributed by atoms with Crippen molar-refractivity contribution < 1.29 is 14.7 Å². The highest BCUT2D eigenvalue weighted by atomic mass is 16.4. The summed E-state index contributed by atoms with van der Waals surface area (Å²) in [5.74, 6) is -0.530. The Labute approximate surface area is 230 Å². The molecule has 0 aliphatic carbocycles. The first-order valence-electron chi connectivity index (χ1n) is 12.9. The van der Waals surface area contributed by atoms with Crippen LogP contribution in [0.1, 0.15) is 50.8 Å². The van der Waals surface area contributed by atoms with Gasteiger partial charge in [-0.05, 0) is 65.6 Å². The Morgan fingerprint density at radius 1 is 0.850 bits per heavy atom. The predicted octanol–water partition coefficient (Wildman–Crippen LogP) is 5.72. The molecule has 3 aromatic carbocycles. The normalized spacial score (nSPS) is 11.9. The molecule has 0 unspecified atom stereocenters. The van der Waals surface area contributed by atoms with Crippen molar-refractivity contribution in [3.8, 4) is 11.1 Å². The third-order valence-electron chi connectivity index (χ3n) is 6.94. The zero-order chi connectivity index (χ0) is 27.6. The van der Waals surface area contributed by atoms with Gasteiger partial charge in [0.1, 0.15) is 11.5 Å². The van der Waals surface area contributed by atoms with Gasteiger partial charge in [-0.25, -0.2) is 9.78 Å². The number of nitrogens with zero attached hydrogens (tertiary/aromatic N) is 4. The molecule has 8 nitrogen and oxygen atoms in total. The van der Waals surface area contributed by atoms with Gasteiger partial charge >= 0.3 is 5.97 Å². The van der Waals surface area contributed by atoms with Crippen LogP contribution in [0.15, 0.2) is 104 Å². The quantitative estimate of drug-likeness (QED) is 0.275. The van der Waals surface area contributed by atoms with Crippen LogP contribution in [0.4, 0.5) is 0 Å². The van der Waals surface area contributed by atoms with Crippen molar-refractivity contribution in [1.82, 2.24) is 24.7 Å². The fraction of sp³-hybridized carbons (Fsp3) is 0.0938. The number of hydrogen-bond acceptors (Lipinski definition) is 5. The number of carbonyl (C=O) groups excluding carboxylic acids is 1. The maximum Gasteiger partial charge on any atom is 0.335 e. The molecule has 0 aliphatic rings. The van der Waals surface area contributed by atoms with Crippen molar-refractivity contribution in [2.45, 2.75) is 19.4 Å². The summed E-state index contributed by atoms with van der Waals surface area (Å²) in [5.41, 5.74) is 6.78. The molecule has 1 atom stereocenters. The molecule has 196 valence electrons. The maximum atomic E-state index is 13.8. The van der Waals surface area contributed by atoms with Crippen LogP contribution in [0.2, 0.25) is 0 Å². The fourth-order valence-electron chi connectivity index (χ4n) is 4.86. The van der Waals surface area contributed by atoms with Crippen molar-refractivity contribution in [2.75, 3.05) is 0 Å². The van der Waals surface area contributed by atoms with E-state index < -0.39 is 5.97 Å². The van der Waals surface area contributed by atoms with Crippen molar-refractivity contribution in [3.63, 3.8) is 0 Å². The summed E-state index contributed by atoms with van der Waals surface area (Å²) in [6.45, 7) is 1.87. The molecule has 6 aromatic rings. The number of aromatic nitrogens is 4. The average Bonchev–Trinajstić information content (AvgIpc) is 3.39. The third kappa shape index (κ3) is 4.90. The van der Waals surface area contributed by atoms with Crippen LogP contribution < -0.4 is 5.32 Å². The van der Waals surface area contributed by atoms with E-state index in [4.69, 9.17) is 4.98 Å². The highest BCUT2D eigenvalue weighted by Crippen LogP contribution is 2.26. The maximum absolute atomic E-state index is 13.8. The molecule has 8 heteroatoms. The molecular weight excluding hydrogens is 502 g/mol. The molecule has 6 rings (SSSR count). The first-order valence-corrected chi connectivity index (χ1v) is 12.9. The SMILES string of the molecule is C[C@H](NC(=O)c1cc(-c2ccccc2)cc2cnc(Cc3ccc4nccnc4c3)n12)c1ccc(C(=O)O)cc1. The predicted molar refractivity (Wildman–Crippen MR) is 152 cm³/mol. The van der Waals surface area contributed by atoms with Crippen LogP contribution in [0.25, 0.3) is 27.7 Å². The number of nitrogens with one attached hydrogen (secondary N) is 1. The number of benzene rings is 3. The minimum atomic E-state index is -0.991. The minimum Gasteiger partial charge on any atom is -0.478 e. The Kier molecular flexibility index (Phi) is 6.49.